The lowest BCUT2D eigenvalue weighted by molar-refractivity contribution is 0.387. The Morgan fingerprint density at radius 3 is 2.95 bits per heavy atom. The van der Waals surface area contributed by atoms with Gasteiger partial charge in [0.1, 0.15) is 0 Å². The third-order valence-electron chi connectivity index (χ3n) is 3.52. The Balaban J connectivity index is 2.16. The molecule has 0 saturated carbocycles. The number of halogens is 1. The van der Waals surface area contributed by atoms with Gasteiger partial charge in [0.15, 0.2) is 16.3 Å². The van der Waals surface area contributed by atoms with Gasteiger partial charge in [0, 0.05) is 24.5 Å². The number of hydrogen-bond donors (Lipinski definition) is 1. The summed E-state index contributed by atoms with van der Waals surface area (Å²) in [5.74, 6) is -0.209. The highest BCUT2D eigenvalue weighted by Gasteiger charge is 2.11. The van der Waals surface area contributed by atoms with Gasteiger partial charge in [-0.2, -0.15) is 0 Å². The number of ether oxygens (including phenoxy) is 1. The van der Waals surface area contributed by atoms with E-state index < -0.39 is 5.82 Å². The number of rotatable bonds is 3. The molecule has 2 heterocycles. The first kappa shape index (κ1) is 13.8. The molecule has 0 aliphatic heterocycles. The summed E-state index contributed by atoms with van der Waals surface area (Å²) in [5, 5.41) is 0. The molecule has 6 heteroatoms. The zero-order chi connectivity index (χ0) is 15.0. The van der Waals surface area contributed by atoms with Crippen molar-refractivity contribution in [2.75, 3.05) is 7.11 Å². The maximum Gasteiger partial charge on any atom is 0.178 e. The number of nitrogens with zero attached hydrogens (tertiary/aromatic N) is 2. The molecule has 0 radical (unpaired) electrons. The van der Waals surface area contributed by atoms with Gasteiger partial charge in [-0.15, -0.1) is 0 Å². The quantitative estimate of drug-likeness (QED) is 0.752. The van der Waals surface area contributed by atoms with Crippen molar-refractivity contribution in [3.05, 3.63) is 52.3 Å². The van der Waals surface area contributed by atoms with E-state index in [1.807, 2.05) is 23.8 Å². The molecule has 0 aliphatic carbocycles. The smallest absolute Gasteiger partial charge is 0.178 e. The summed E-state index contributed by atoms with van der Waals surface area (Å²) >= 11 is 5.34. The van der Waals surface area contributed by atoms with Gasteiger partial charge in [-0.25, -0.2) is 4.39 Å². The number of methoxy groups -OCH3 is 1. The number of pyridine rings is 1. The minimum atomic E-state index is -0.411. The molecule has 0 saturated heterocycles. The molecule has 0 spiro atoms. The van der Waals surface area contributed by atoms with Crippen molar-refractivity contribution in [1.29, 1.82) is 0 Å². The molecular weight excluding hydrogens is 289 g/mol. The van der Waals surface area contributed by atoms with Crippen molar-refractivity contribution in [2.45, 2.75) is 13.5 Å². The van der Waals surface area contributed by atoms with E-state index in [2.05, 4.69) is 9.97 Å². The van der Waals surface area contributed by atoms with E-state index in [1.54, 1.807) is 12.3 Å². The van der Waals surface area contributed by atoms with Crippen LogP contribution in [0.1, 0.15) is 11.1 Å². The molecule has 0 amide bonds. The molecule has 0 aliphatic rings. The van der Waals surface area contributed by atoms with E-state index >= 15 is 0 Å². The van der Waals surface area contributed by atoms with Gasteiger partial charge >= 0.3 is 0 Å². The van der Waals surface area contributed by atoms with Crippen LogP contribution in [0.2, 0.25) is 0 Å². The number of nitrogens with one attached hydrogen (secondary N) is 1. The van der Waals surface area contributed by atoms with Crippen LogP contribution in [0.3, 0.4) is 0 Å². The number of benzene rings is 1. The average molecular weight is 303 g/mol. The van der Waals surface area contributed by atoms with Crippen molar-refractivity contribution in [3.63, 3.8) is 0 Å². The lowest BCUT2D eigenvalue weighted by atomic mass is 10.1. The summed E-state index contributed by atoms with van der Waals surface area (Å²) in [7, 11) is 1.45. The molecule has 21 heavy (non-hydrogen) atoms. The summed E-state index contributed by atoms with van der Waals surface area (Å²) in [4.78, 5) is 7.16. The van der Waals surface area contributed by atoms with Crippen molar-refractivity contribution in [2.24, 2.45) is 0 Å². The van der Waals surface area contributed by atoms with Crippen LogP contribution in [0, 0.1) is 17.5 Å². The molecule has 0 atom stereocenters. The van der Waals surface area contributed by atoms with Gasteiger partial charge in [-0.05, 0) is 36.3 Å². The van der Waals surface area contributed by atoms with Crippen molar-refractivity contribution in [1.82, 2.24) is 14.5 Å². The van der Waals surface area contributed by atoms with Gasteiger partial charge in [-0.3, -0.25) is 4.98 Å². The molecule has 3 aromatic rings. The van der Waals surface area contributed by atoms with Crippen LogP contribution >= 0.6 is 12.2 Å². The van der Waals surface area contributed by atoms with Crippen LogP contribution in [0.4, 0.5) is 4.39 Å². The standard InChI is InChI=1S/C15H14FN3OS/c1-9-3-4-17-7-10(9)8-19-13-6-14(20-2)11(16)5-12(13)18-15(19)21/h3-7H,8H2,1-2H3,(H,18,21). The lowest BCUT2D eigenvalue weighted by Crippen LogP contribution is -2.02. The molecule has 0 bridgehead atoms. The predicted molar refractivity (Wildman–Crippen MR) is 81.7 cm³/mol. The van der Waals surface area contributed by atoms with E-state index in [-0.39, 0.29) is 5.75 Å². The fourth-order valence-electron chi connectivity index (χ4n) is 2.30. The Labute approximate surface area is 126 Å². The third kappa shape index (κ3) is 2.42. The van der Waals surface area contributed by atoms with Gasteiger partial charge in [0.05, 0.1) is 24.7 Å². The fraction of sp³-hybridized carbons (Fsp3) is 0.200. The summed E-state index contributed by atoms with van der Waals surface area (Å²) in [6, 6.07) is 5.01. The number of aryl methyl sites for hydroxylation is 1. The zero-order valence-electron chi connectivity index (χ0n) is 11.7. The Morgan fingerprint density at radius 2 is 2.24 bits per heavy atom. The number of hydrogen-bond acceptors (Lipinski definition) is 3. The molecule has 3 rings (SSSR count). The highest BCUT2D eigenvalue weighted by Crippen LogP contribution is 2.25. The highest BCUT2D eigenvalue weighted by atomic mass is 32.1. The van der Waals surface area contributed by atoms with Crippen LogP contribution in [0.15, 0.2) is 30.6 Å². The van der Waals surface area contributed by atoms with Crippen LogP contribution in [-0.4, -0.2) is 21.6 Å². The first-order valence-electron chi connectivity index (χ1n) is 6.45. The lowest BCUT2D eigenvalue weighted by Gasteiger charge is -2.08. The van der Waals surface area contributed by atoms with E-state index in [0.717, 1.165) is 16.6 Å². The van der Waals surface area contributed by atoms with E-state index in [1.165, 1.54) is 13.2 Å². The molecular formula is C15H14FN3OS. The highest BCUT2D eigenvalue weighted by molar-refractivity contribution is 7.71. The number of aromatic amines is 1. The molecule has 4 nitrogen and oxygen atoms in total. The number of aromatic nitrogens is 3. The maximum atomic E-state index is 13.8. The molecule has 108 valence electrons. The Bertz CT molecular complexity index is 869. The number of H-pyrrole nitrogens is 1. The average Bonchev–Trinajstić information content (AvgIpc) is 2.75. The molecule has 1 N–H and O–H groups in total. The van der Waals surface area contributed by atoms with Gasteiger partial charge in [-0.1, -0.05) is 0 Å². The first-order chi connectivity index (χ1) is 10.1. The fourth-order valence-corrected chi connectivity index (χ4v) is 2.58. The maximum absolute atomic E-state index is 13.8. The molecule has 0 fully saturated rings. The second-order valence-corrected chi connectivity index (χ2v) is 5.21. The third-order valence-corrected chi connectivity index (χ3v) is 3.85. The SMILES string of the molecule is COc1cc2c(cc1F)[nH]c(=S)n2Cc1cnccc1C. The van der Waals surface area contributed by atoms with E-state index in [0.29, 0.717) is 16.8 Å². The summed E-state index contributed by atoms with van der Waals surface area (Å²) < 4.78 is 21.3. The summed E-state index contributed by atoms with van der Waals surface area (Å²) in [5.41, 5.74) is 3.66. The molecule has 0 unspecified atom stereocenters. The predicted octanol–water partition coefficient (Wildman–Crippen LogP) is 3.60. The monoisotopic (exact) mass is 303 g/mol. The topological polar surface area (TPSA) is 42.8 Å². The van der Waals surface area contributed by atoms with Crippen LogP contribution in [-0.2, 0) is 6.54 Å². The second-order valence-electron chi connectivity index (χ2n) is 4.82. The van der Waals surface area contributed by atoms with Gasteiger partial charge in [0.25, 0.3) is 0 Å². The largest absolute Gasteiger partial charge is 0.494 e. The zero-order valence-corrected chi connectivity index (χ0v) is 12.5. The Hall–Kier alpha value is -2.21. The summed E-state index contributed by atoms with van der Waals surface area (Å²) in [6.07, 6.45) is 3.57. The van der Waals surface area contributed by atoms with E-state index in [9.17, 15) is 4.39 Å². The molecule has 2 aromatic heterocycles. The Morgan fingerprint density at radius 1 is 1.43 bits per heavy atom. The number of fused-ring (bicyclic) bond motifs is 1. The minimum absolute atomic E-state index is 0.202. The van der Waals surface area contributed by atoms with E-state index in [4.69, 9.17) is 17.0 Å². The minimum Gasteiger partial charge on any atom is -0.494 e. The number of imidazole rings is 1. The van der Waals surface area contributed by atoms with Crippen molar-refractivity contribution < 1.29 is 9.13 Å². The van der Waals surface area contributed by atoms with Crippen molar-refractivity contribution >= 4 is 23.3 Å². The molecule has 1 aromatic carbocycles. The summed E-state index contributed by atoms with van der Waals surface area (Å²) in [6.45, 7) is 2.60. The normalized spacial score (nSPS) is 11.0. The van der Waals surface area contributed by atoms with Crippen LogP contribution in [0.5, 0.6) is 5.75 Å². The second kappa shape index (κ2) is 5.29. The van der Waals surface area contributed by atoms with Crippen LogP contribution < -0.4 is 4.74 Å². The van der Waals surface area contributed by atoms with Crippen LogP contribution in [0.25, 0.3) is 11.0 Å². The van der Waals surface area contributed by atoms with Gasteiger partial charge < -0.3 is 14.3 Å². The Kier molecular flexibility index (Phi) is 3.47. The van der Waals surface area contributed by atoms with Gasteiger partial charge in [0.2, 0.25) is 0 Å². The van der Waals surface area contributed by atoms with Crippen molar-refractivity contribution in [3.8, 4) is 5.75 Å². The first-order valence-corrected chi connectivity index (χ1v) is 6.86.